The lowest BCUT2D eigenvalue weighted by Crippen LogP contribution is -2.56. The number of fused-ring (bicyclic) bond motifs is 1. The van der Waals surface area contributed by atoms with Gasteiger partial charge in [-0.15, -0.1) is 0 Å². The molecular weight excluding hydrogens is 238 g/mol. The second kappa shape index (κ2) is 4.50. The van der Waals surface area contributed by atoms with Crippen molar-refractivity contribution in [3.63, 3.8) is 0 Å². The summed E-state index contributed by atoms with van der Waals surface area (Å²) in [6.07, 6.45) is 3.44. The molecule has 0 bridgehead atoms. The molecule has 3 heteroatoms. The molecule has 1 saturated heterocycles. The lowest BCUT2D eigenvalue weighted by Gasteiger charge is -2.47. The minimum Gasteiger partial charge on any atom is -0.388 e. The van der Waals surface area contributed by atoms with Gasteiger partial charge in [0, 0.05) is 18.5 Å². The Morgan fingerprint density at radius 3 is 2.89 bits per heavy atom. The summed E-state index contributed by atoms with van der Waals surface area (Å²) < 4.78 is 5.73. The fourth-order valence-electron chi connectivity index (χ4n) is 3.52. The number of aliphatic hydroxyl groups is 1. The molecule has 0 aliphatic carbocycles. The highest BCUT2D eigenvalue weighted by molar-refractivity contribution is 5.54. The van der Waals surface area contributed by atoms with Gasteiger partial charge < -0.3 is 15.2 Å². The predicted octanol–water partition coefficient (Wildman–Crippen LogP) is 2.73. The number of rotatable bonds is 1. The maximum atomic E-state index is 11.0. The van der Waals surface area contributed by atoms with E-state index in [0.29, 0.717) is 13.0 Å². The summed E-state index contributed by atoms with van der Waals surface area (Å²) in [7, 11) is 0. The zero-order valence-corrected chi connectivity index (χ0v) is 11.8. The Balaban J connectivity index is 1.80. The van der Waals surface area contributed by atoms with Gasteiger partial charge in [-0.1, -0.05) is 18.2 Å². The van der Waals surface area contributed by atoms with E-state index in [2.05, 4.69) is 37.4 Å². The van der Waals surface area contributed by atoms with Gasteiger partial charge >= 0.3 is 0 Å². The molecule has 0 saturated carbocycles. The number of aryl methyl sites for hydroxylation is 1. The SMILES string of the molecule is CC1(C)CC(O)(C2CCc3ccccc3N2)CCO1. The smallest absolute Gasteiger partial charge is 0.0896 e. The van der Waals surface area contributed by atoms with Crippen LogP contribution in [0.3, 0.4) is 0 Å². The number of hydrogen-bond acceptors (Lipinski definition) is 3. The number of hydrogen-bond donors (Lipinski definition) is 2. The number of ether oxygens (including phenoxy) is 1. The summed E-state index contributed by atoms with van der Waals surface area (Å²) in [6.45, 7) is 4.77. The molecule has 2 aliphatic rings. The number of benzene rings is 1. The highest BCUT2D eigenvalue weighted by atomic mass is 16.5. The lowest BCUT2D eigenvalue weighted by molar-refractivity contribution is -0.150. The molecule has 0 aromatic heterocycles. The minimum absolute atomic E-state index is 0.130. The van der Waals surface area contributed by atoms with E-state index in [-0.39, 0.29) is 11.6 Å². The average molecular weight is 261 g/mol. The molecule has 1 aromatic carbocycles. The number of anilines is 1. The molecule has 3 nitrogen and oxygen atoms in total. The molecule has 2 unspecified atom stereocenters. The minimum atomic E-state index is -0.657. The standard InChI is InChI=1S/C16H23NO2/c1-15(2)11-16(18,9-10-19-15)14-8-7-12-5-3-4-6-13(12)17-14/h3-6,14,17-18H,7-11H2,1-2H3. The van der Waals surface area contributed by atoms with E-state index in [4.69, 9.17) is 4.74 Å². The molecule has 2 aliphatic heterocycles. The van der Waals surface area contributed by atoms with Crippen LogP contribution in [0.15, 0.2) is 24.3 Å². The first-order valence-corrected chi connectivity index (χ1v) is 7.19. The van der Waals surface area contributed by atoms with E-state index in [1.54, 1.807) is 0 Å². The van der Waals surface area contributed by atoms with Crippen molar-refractivity contribution >= 4 is 5.69 Å². The fraction of sp³-hybridized carbons (Fsp3) is 0.625. The van der Waals surface area contributed by atoms with E-state index in [9.17, 15) is 5.11 Å². The second-order valence-corrected chi connectivity index (χ2v) is 6.53. The van der Waals surface area contributed by atoms with Gasteiger partial charge in [0.05, 0.1) is 23.9 Å². The van der Waals surface area contributed by atoms with E-state index in [1.165, 1.54) is 11.3 Å². The third-order valence-electron chi connectivity index (χ3n) is 4.46. The van der Waals surface area contributed by atoms with Gasteiger partial charge in [0.1, 0.15) is 0 Å². The van der Waals surface area contributed by atoms with Crippen molar-refractivity contribution in [2.75, 3.05) is 11.9 Å². The maximum Gasteiger partial charge on any atom is 0.0896 e. The van der Waals surface area contributed by atoms with Gasteiger partial charge in [-0.3, -0.25) is 0 Å². The molecule has 2 atom stereocenters. The first-order chi connectivity index (χ1) is 8.99. The van der Waals surface area contributed by atoms with Crippen molar-refractivity contribution in [3.05, 3.63) is 29.8 Å². The Kier molecular flexibility index (Phi) is 3.06. The van der Waals surface area contributed by atoms with E-state index in [1.807, 2.05) is 6.07 Å². The molecule has 1 aromatic rings. The van der Waals surface area contributed by atoms with Crippen LogP contribution in [0.4, 0.5) is 5.69 Å². The van der Waals surface area contributed by atoms with Crippen LogP contribution < -0.4 is 5.32 Å². The van der Waals surface area contributed by atoms with Crippen LogP contribution in [0.2, 0.25) is 0 Å². The van der Waals surface area contributed by atoms with Crippen LogP contribution in [-0.2, 0) is 11.2 Å². The van der Waals surface area contributed by atoms with Gasteiger partial charge in [-0.05, 0) is 38.3 Å². The Labute approximate surface area is 115 Å². The summed E-state index contributed by atoms with van der Waals surface area (Å²) in [5.74, 6) is 0. The van der Waals surface area contributed by atoms with Crippen LogP contribution in [0, 0.1) is 0 Å². The highest BCUT2D eigenvalue weighted by Crippen LogP contribution is 2.39. The molecule has 3 rings (SSSR count). The molecule has 19 heavy (non-hydrogen) atoms. The fourth-order valence-corrected chi connectivity index (χ4v) is 3.52. The molecular formula is C16H23NO2. The monoisotopic (exact) mass is 261 g/mol. The first kappa shape index (κ1) is 12.9. The zero-order valence-electron chi connectivity index (χ0n) is 11.8. The van der Waals surface area contributed by atoms with Gasteiger partial charge in [-0.25, -0.2) is 0 Å². The normalized spacial score (nSPS) is 33.3. The van der Waals surface area contributed by atoms with Crippen LogP contribution in [0.1, 0.15) is 38.7 Å². The van der Waals surface area contributed by atoms with Crippen LogP contribution in [0.25, 0.3) is 0 Å². The van der Waals surface area contributed by atoms with Gasteiger partial charge in [0.15, 0.2) is 0 Å². The second-order valence-electron chi connectivity index (χ2n) is 6.53. The molecule has 104 valence electrons. The van der Waals surface area contributed by atoms with Crippen molar-refractivity contribution in [2.45, 2.75) is 56.8 Å². The third kappa shape index (κ3) is 2.49. The van der Waals surface area contributed by atoms with Crippen molar-refractivity contribution in [2.24, 2.45) is 0 Å². The van der Waals surface area contributed by atoms with E-state index >= 15 is 0 Å². The molecule has 0 amide bonds. The van der Waals surface area contributed by atoms with Gasteiger partial charge in [0.25, 0.3) is 0 Å². The van der Waals surface area contributed by atoms with E-state index < -0.39 is 5.60 Å². The van der Waals surface area contributed by atoms with Crippen molar-refractivity contribution < 1.29 is 9.84 Å². The summed E-state index contributed by atoms with van der Waals surface area (Å²) in [4.78, 5) is 0. The quantitative estimate of drug-likeness (QED) is 0.816. The van der Waals surface area contributed by atoms with Gasteiger partial charge in [0.2, 0.25) is 0 Å². The van der Waals surface area contributed by atoms with Gasteiger partial charge in [-0.2, -0.15) is 0 Å². The Hall–Kier alpha value is -1.06. The first-order valence-electron chi connectivity index (χ1n) is 7.19. The lowest BCUT2D eigenvalue weighted by atomic mass is 9.76. The molecule has 0 radical (unpaired) electrons. The summed E-state index contributed by atoms with van der Waals surface area (Å²) in [5.41, 5.74) is 1.64. The zero-order chi connectivity index (χ0) is 13.5. The molecule has 2 N–H and O–H groups in total. The van der Waals surface area contributed by atoms with Crippen molar-refractivity contribution in [1.29, 1.82) is 0 Å². The molecule has 0 spiro atoms. The summed E-state index contributed by atoms with van der Waals surface area (Å²) in [5, 5.41) is 14.6. The van der Waals surface area contributed by atoms with Crippen LogP contribution in [-0.4, -0.2) is 29.0 Å². The highest BCUT2D eigenvalue weighted by Gasteiger charge is 2.45. The maximum absolute atomic E-state index is 11.0. The van der Waals surface area contributed by atoms with Crippen LogP contribution in [0.5, 0.6) is 0 Å². The topological polar surface area (TPSA) is 41.5 Å². The third-order valence-corrected chi connectivity index (χ3v) is 4.46. The largest absolute Gasteiger partial charge is 0.388 e. The van der Waals surface area contributed by atoms with Crippen LogP contribution >= 0.6 is 0 Å². The predicted molar refractivity (Wildman–Crippen MR) is 76.4 cm³/mol. The average Bonchev–Trinajstić information content (AvgIpc) is 2.36. The molecule has 2 heterocycles. The van der Waals surface area contributed by atoms with Crippen molar-refractivity contribution in [1.82, 2.24) is 0 Å². The summed E-state index contributed by atoms with van der Waals surface area (Å²) in [6, 6.07) is 8.52. The van der Waals surface area contributed by atoms with E-state index in [0.717, 1.165) is 19.3 Å². The Morgan fingerprint density at radius 1 is 1.32 bits per heavy atom. The number of para-hydroxylation sites is 1. The Morgan fingerprint density at radius 2 is 2.11 bits per heavy atom. The summed E-state index contributed by atoms with van der Waals surface area (Å²) >= 11 is 0. The number of nitrogens with one attached hydrogen (secondary N) is 1. The van der Waals surface area contributed by atoms with Crippen molar-refractivity contribution in [3.8, 4) is 0 Å². The molecule has 1 fully saturated rings. The Bertz CT molecular complexity index is 472.